The molecule has 0 saturated heterocycles. The Hall–Kier alpha value is -1.40. The molecule has 0 aromatic heterocycles. The zero-order chi connectivity index (χ0) is 11.5. The van der Waals surface area contributed by atoms with Crippen LogP contribution in [0.3, 0.4) is 0 Å². The second kappa shape index (κ2) is 4.41. The minimum atomic E-state index is -3.61. The fourth-order valence-electron chi connectivity index (χ4n) is 1.00. The van der Waals surface area contributed by atoms with E-state index in [4.69, 9.17) is 10.9 Å². The molecule has 0 spiro atoms. The van der Waals surface area contributed by atoms with E-state index in [0.717, 1.165) is 5.56 Å². The minimum Gasteiger partial charge on any atom is -0.388 e. The van der Waals surface area contributed by atoms with E-state index in [2.05, 4.69) is 4.99 Å². The Kier molecular flexibility index (Phi) is 3.43. The number of primary sulfonamides is 1. The molecule has 1 rings (SSSR count). The highest BCUT2D eigenvalue weighted by molar-refractivity contribution is 7.89. The highest BCUT2D eigenvalue weighted by atomic mass is 32.2. The molecule has 0 heterocycles. The van der Waals surface area contributed by atoms with Gasteiger partial charge in [-0.15, -0.1) is 0 Å². The molecule has 5 nitrogen and oxygen atoms in total. The van der Waals surface area contributed by atoms with Gasteiger partial charge in [0, 0.05) is 0 Å². The molecule has 0 radical (unpaired) electrons. The van der Waals surface area contributed by atoms with Crippen LogP contribution in [0.5, 0.6) is 0 Å². The second-order valence-corrected chi connectivity index (χ2v) is 4.71. The van der Waals surface area contributed by atoms with Gasteiger partial charge in [0.05, 0.1) is 17.3 Å². The van der Waals surface area contributed by atoms with Crippen LogP contribution in [0.1, 0.15) is 12.5 Å². The summed E-state index contributed by atoms with van der Waals surface area (Å²) in [5.74, 6) is 0.491. The smallest absolute Gasteiger partial charge is 0.238 e. The maximum atomic E-state index is 10.9. The van der Waals surface area contributed by atoms with E-state index in [1.165, 1.54) is 12.1 Å². The molecular formula is C9H13N3O2S. The van der Waals surface area contributed by atoms with Crippen molar-refractivity contribution in [1.29, 1.82) is 0 Å². The van der Waals surface area contributed by atoms with Crippen LogP contribution in [-0.4, -0.2) is 14.3 Å². The summed E-state index contributed by atoms with van der Waals surface area (Å²) in [7, 11) is -3.61. The van der Waals surface area contributed by atoms with Crippen molar-refractivity contribution in [3.8, 4) is 0 Å². The summed E-state index contributed by atoms with van der Waals surface area (Å²) in [5.41, 5.74) is 6.26. The van der Waals surface area contributed by atoms with Crippen LogP contribution >= 0.6 is 0 Å². The summed E-state index contributed by atoms with van der Waals surface area (Å²) >= 11 is 0. The maximum absolute atomic E-state index is 10.9. The molecule has 82 valence electrons. The highest BCUT2D eigenvalue weighted by Crippen LogP contribution is 2.09. The van der Waals surface area contributed by atoms with E-state index in [1.54, 1.807) is 19.1 Å². The summed E-state index contributed by atoms with van der Waals surface area (Å²) in [6.45, 7) is 2.13. The first kappa shape index (κ1) is 11.7. The number of rotatable bonds is 3. The van der Waals surface area contributed by atoms with Crippen LogP contribution < -0.4 is 10.9 Å². The van der Waals surface area contributed by atoms with Crippen LogP contribution in [0.15, 0.2) is 34.2 Å². The minimum absolute atomic E-state index is 0.0969. The largest absolute Gasteiger partial charge is 0.388 e. The van der Waals surface area contributed by atoms with Crippen molar-refractivity contribution in [2.24, 2.45) is 15.9 Å². The molecule has 0 saturated carbocycles. The molecule has 6 heteroatoms. The molecule has 4 N–H and O–H groups in total. The van der Waals surface area contributed by atoms with Gasteiger partial charge < -0.3 is 5.73 Å². The van der Waals surface area contributed by atoms with Crippen molar-refractivity contribution < 1.29 is 8.42 Å². The van der Waals surface area contributed by atoms with Gasteiger partial charge in [-0.05, 0) is 24.6 Å². The lowest BCUT2D eigenvalue weighted by atomic mass is 10.2. The molecule has 1 aromatic carbocycles. The normalized spacial score (nSPS) is 12.8. The van der Waals surface area contributed by atoms with Crippen molar-refractivity contribution in [2.75, 3.05) is 0 Å². The first-order chi connectivity index (χ1) is 6.89. The fraction of sp³-hybridized carbons (Fsp3) is 0.222. The van der Waals surface area contributed by atoms with Crippen LogP contribution in [-0.2, 0) is 16.6 Å². The summed E-state index contributed by atoms with van der Waals surface area (Å²) in [5, 5.41) is 4.95. The van der Waals surface area contributed by atoms with Gasteiger partial charge >= 0.3 is 0 Å². The maximum Gasteiger partial charge on any atom is 0.238 e. The molecular weight excluding hydrogens is 214 g/mol. The summed E-state index contributed by atoms with van der Waals surface area (Å²) in [6.07, 6.45) is 0. The van der Waals surface area contributed by atoms with E-state index in [-0.39, 0.29) is 4.90 Å². The third-order valence-corrected chi connectivity index (χ3v) is 2.69. The van der Waals surface area contributed by atoms with Gasteiger partial charge in [0.15, 0.2) is 0 Å². The second-order valence-electron chi connectivity index (χ2n) is 3.15. The molecule has 0 aliphatic rings. The monoisotopic (exact) mass is 227 g/mol. The fourth-order valence-corrected chi connectivity index (χ4v) is 1.52. The molecule has 0 atom stereocenters. The quantitative estimate of drug-likeness (QED) is 0.570. The number of aliphatic imine (C=N–C) groups is 1. The van der Waals surface area contributed by atoms with Crippen molar-refractivity contribution >= 4 is 15.9 Å². The number of hydrogen-bond acceptors (Lipinski definition) is 3. The van der Waals surface area contributed by atoms with Gasteiger partial charge in [-0.2, -0.15) is 0 Å². The van der Waals surface area contributed by atoms with Crippen LogP contribution in [0, 0.1) is 0 Å². The van der Waals surface area contributed by atoms with Gasteiger partial charge in [-0.25, -0.2) is 13.6 Å². The molecule has 15 heavy (non-hydrogen) atoms. The Morgan fingerprint density at radius 2 is 1.87 bits per heavy atom. The third kappa shape index (κ3) is 3.69. The SMILES string of the molecule is CC(N)=NCc1ccc(S(N)(=O)=O)cc1. The predicted molar refractivity (Wildman–Crippen MR) is 58.8 cm³/mol. The summed E-state index contributed by atoms with van der Waals surface area (Å²) < 4.78 is 21.9. The van der Waals surface area contributed by atoms with E-state index in [1.807, 2.05) is 0 Å². The molecule has 0 unspecified atom stereocenters. The number of amidine groups is 1. The van der Waals surface area contributed by atoms with Crippen molar-refractivity contribution in [3.63, 3.8) is 0 Å². The Morgan fingerprint density at radius 1 is 1.33 bits per heavy atom. The Labute approximate surface area is 88.9 Å². The molecule has 0 aliphatic carbocycles. The van der Waals surface area contributed by atoms with Gasteiger partial charge in [0.25, 0.3) is 0 Å². The van der Waals surface area contributed by atoms with Crippen molar-refractivity contribution in [2.45, 2.75) is 18.4 Å². The van der Waals surface area contributed by atoms with Gasteiger partial charge in [0.2, 0.25) is 10.0 Å². The lowest BCUT2D eigenvalue weighted by Crippen LogP contribution is -2.11. The molecule has 1 aromatic rings. The first-order valence-corrected chi connectivity index (χ1v) is 5.82. The third-order valence-electron chi connectivity index (χ3n) is 1.76. The van der Waals surface area contributed by atoms with E-state index in [0.29, 0.717) is 12.4 Å². The molecule has 0 fully saturated rings. The zero-order valence-corrected chi connectivity index (χ0v) is 9.16. The molecule has 0 amide bonds. The summed E-state index contributed by atoms with van der Waals surface area (Å²) in [6, 6.07) is 6.22. The van der Waals surface area contributed by atoms with Crippen molar-refractivity contribution in [3.05, 3.63) is 29.8 Å². The molecule has 0 bridgehead atoms. The predicted octanol–water partition coefficient (Wildman–Crippen LogP) is 0.211. The van der Waals surface area contributed by atoms with Crippen LogP contribution in [0.4, 0.5) is 0 Å². The van der Waals surface area contributed by atoms with E-state index < -0.39 is 10.0 Å². The Balaban J connectivity index is 2.87. The van der Waals surface area contributed by atoms with Gasteiger partial charge in [-0.1, -0.05) is 12.1 Å². The average Bonchev–Trinajstić information content (AvgIpc) is 2.14. The number of nitrogens with two attached hydrogens (primary N) is 2. The van der Waals surface area contributed by atoms with Crippen LogP contribution in [0.25, 0.3) is 0 Å². The Morgan fingerprint density at radius 3 is 2.27 bits per heavy atom. The van der Waals surface area contributed by atoms with Gasteiger partial charge in [-0.3, -0.25) is 4.99 Å². The van der Waals surface area contributed by atoms with Crippen molar-refractivity contribution in [1.82, 2.24) is 0 Å². The topological polar surface area (TPSA) is 98.5 Å². The van der Waals surface area contributed by atoms with Crippen LogP contribution in [0.2, 0.25) is 0 Å². The van der Waals surface area contributed by atoms with Gasteiger partial charge in [0.1, 0.15) is 0 Å². The lowest BCUT2D eigenvalue weighted by molar-refractivity contribution is 0.598. The van der Waals surface area contributed by atoms with E-state index >= 15 is 0 Å². The number of sulfonamides is 1. The average molecular weight is 227 g/mol. The molecule has 0 aliphatic heterocycles. The number of benzene rings is 1. The highest BCUT2D eigenvalue weighted by Gasteiger charge is 2.05. The number of hydrogen-bond donors (Lipinski definition) is 2. The zero-order valence-electron chi connectivity index (χ0n) is 8.34. The summed E-state index contributed by atoms with van der Waals surface area (Å²) in [4.78, 5) is 4.10. The number of nitrogens with zero attached hydrogens (tertiary/aromatic N) is 1. The van der Waals surface area contributed by atoms with E-state index in [9.17, 15) is 8.42 Å². The lowest BCUT2D eigenvalue weighted by Gasteiger charge is -2.00. The standard InChI is InChI=1S/C9H13N3O2S/c1-7(10)12-6-8-2-4-9(5-3-8)15(11,13)14/h2-5H,6H2,1H3,(H2,10,12)(H2,11,13,14). The first-order valence-electron chi connectivity index (χ1n) is 4.28. The Bertz CT molecular complexity index is 459.